The van der Waals surface area contributed by atoms with E-state index in [0.717, 1.165) is 0 Å². The summed E-state index contributed by atoms with van der Waals surface area (Å²) in [6.45, 7) is 0. The van der Waals surface area contributed by atoms with Crippen LogP contribution >= 0.6 is 0 Å². The molecule has 0 spiro atoms. The number of allylic oxidation sites excluding steroid dienone is 1. The second kappa shape index (κ2) is 5.71. The highest BCUT2D eigenvalue weighted by atomic mass is 16.5. The Morgan fingerprint density at radius 3 is 2.41 bits per heavy atom. The Morgan fingerprint density at radius 1 is 1.35 bits per heavy atom. The van der Waals surface area contributed by atoms with Crippen LogP contribution in [0.5, 0.6) is 0 Å². The second-order valence-electron chi connectivity index (χ2n) is 3.66. The Morgan fingerprint density at radius 2 is 1.94 bits per heavy atom. The average molecular weight is 230 g/mol. The van der Waals surface area contributed by atoms with Crippen LogP contribution in [0.25, 0.3) is 5.57 Å². The summed E-state index contributed by atoms with van der Waals surface area (Å²) >= 11 is 0. The smallest absolute Gasteiger partial charge is 0.338 e. The number of ether oxygens (including phenoxy) is 1. The minimum absolute atomic E-state index is 0.393. The van der Waals surface area contributed by atoms with Crippen molar-refractivity contribution in [3.63, 3.8) is 0 Å². The third-order valence-electron chi connectivity index (χ3n) is 2.13. The molecule has 0 saturated heterocycles. The number of esters is 1. The SMILES string of the molecule is COC(=O)c1ccccc1C(C#N)=CN(C)C. The van der Waals surface area contributed by atoms with Gasteiger partial charge in [0.2, 0.25) is 0 Å². The molecule has 1 rings (SSSR count). The minimum atomic E-state index is -0.444. The number of rotatable bonds is 3. The Hall–Kier alpha value is -2.28. The summed E-state index contributed by atoms with van der Waals surface area (Å²) in [6, 6.07) is 8.97. The van der Waals surface area contributed by atoms with E-state index in [9.17, 15) is 4.79 Å². The molecule has 0 aliphatic rings. The molecule has 0 bridgehead atoms. The van der Waals surface area contributed by atoms with E-state index in [1.165, 1.54) is 7.11 Å². The van der Waals surface area contributed by atoms with Crippen LogP contribution in [0.3, 0.4) is 0 Å². The normalized spacial score (nSPS) is 10.6. The lowest BCUT2D eigenvalue weighted by atomic mass is 10.0. The van der Waals surface area contributed by atoms with Gasteiger partial charge in [0.05, 0.1) is 18.2 Å². The number of nitrogens with zero attached hydrogens (tertiary/aromatic N) is 2. The van der Waals surface area contributed by atoms with Crippen molar-refractivity contribution >= 4 is 11.5 Å². The highest BCUT2D eigenvalue weighted by Gasteiger charge is 2.14. The van der Waals surface area contributed by atoms with Crippen LogP contribution in [0, 0.1) is 11.3 Å². The largest absolute Gasteiger partial charge is 0.465 e. The van der Waals surface area contributed by atoms with Crippen molar-refractivity contribution in [2.45, 2.75) is 0 Å². The van der Waals surface area contributed by atoms with Crippen molar-refractivity contribution in [2.24, 2.45) is 0 Å². The van der Waals surface area contributed by atoms with E-state index in [-0.39, 0.29) is 0 Å². The van der Waals surface area contributed by atoms with Crippen molar-refractivity contribution in [3.8, 4) is 6.07 Å². The predicted molar refractivity (Wildman–Crippen MR) is 65.1 cm³/mol. The van der Waals surface area contributed by atoms with Gasteiger partial charge >= 0.3 is 5.97 Å². The van der Waals surface area contributed by atoms with Crippen LogP contribution in [-0.4, -0.2) is 32.1 Å². The van der Waals surface area contributed by atoms with Crippen LogP contribution in [-0.2, 0) is 4.74 Å². The molecule has 0 aliphatic carbocycles. The average Bonchev–Trinajstić information content (AvgIpc) is 2.34. The molecule has 1 aromatic carbocycles. The van der Waals surface area contributed by atoms with Gasteiger partial charge in [-0.15, -0.1) is 0 Å². The van der Waals surface area contributed by atoms with E-state index < -0.39 is 5.97 Å². The number of nitriles is 1. The molecule has 0 radical (unpaired) electrons. The molecule has 0 N–H and O–H groups in total. The molecular weight excluding hydrogens is 216 g/mol. The maximum absolute atomic E-state index is 11.6. The molecule has 0 amide bonds. The van der Waals surface area contributed by atoms with Gasteiger partial charge in [-0.25, -0.2) is 4.79 Å². The molecule has 0 fully saturated rings. The first-order valence-corrected chi connectivity index (χ1v) is 5.06. The highest BCUT2D eigenvalue weighted by Crippen LogP contribution is 2.19. The summed E-state index contributed by atoms with van der Waals surface area (Å²) in [6.07, 6.45) is 1.67. The summed E-state index contributed by atoms with van der Waals surface area (Å²) in [5.41, 5.74) is 1.40. The molecule has 0 aliphatic heterocycles. The molecule has 0 saturated carbocycles. The molecule has 0 atom stereocenters. The number of hydrogen-bond acceptors (Lipinski definition) is 4. The van der Waals surface area contributed by atoms with Crippen molar-refractivity contribution in [1.82, 2.24) is 4.90 Å². The van der Waals surface area contributed by atoms with E-state index in [1.807, 2.05) is 14.1 Å². The summed E-state index contributed by atoms with van der Waals surface area (Å²) in [7, 11) is 4.96. The Bertz CT molecular complexity index is 484. The third-order valence-corrected chi connectivity index (χ3v) is 2.13. The maximum atomic E-state index is 11.6. The fourth-order valence-electron chi connectivity index (χ4n) is 1.42. The molecule has 17 heavy (non-hydrogen) atoms. The van der Waals surface area contributed by atoms with Crippen LogP contribution in [0.1, 0.15) is 15.9 Å². The number of benzene rings is 1. The zero-order valence-corrected chi connectivity index (χ0v) is 10.1. The van der Waals surface area contributed by atoms with Crippen LogP contribution in [0.4, 0.5) is 0 Å². The molecular formula is C13H14N2O2. The third kappa shape index (κ3) is 3.08. The maximum Gasteiger partial charge on any atom is 0.338 e. The van der Waals surface area contributed by atoms with Crippen molar-refractivity contribution in [1.29, 1.82) is 5.26 Å². The topological polar surface area (TPSA) is 53.3 Å². The minimum Gasteiger partial charge on any atom is -0.465 e. The number of carbonyl (C=O) groups excluding carboxylic acids is 1. The highest BCUT2D eigenvalue weighted by molar-refractivity contribution is 5.97. The van der Waals surface area contributed by atoms with Gasteiger partial charge in [-0.3, -0.25) is 0 Å². The Labute approximate surface area is 101 Å². The first kappa shape index (κ1) is 12.8. The summed E-state index contributed by atoms with van der Waals surface area (Å²) < 4.78 is 4.69. The zero-order chi connectivity index (χ0) is 12.8. The fraction of sp³-hybridized carbons (Fsp3) is 0.231. The van der Waals surface area contributed by atoms with Crippen LogP contribution < -0.4 is 0 Å². The van der Waals surface area contributed by atoms with E-state index in [4.69, 9.17) is 5.26 Å². The first-order chi connectivity index (χ1) is 8.10. The fourth-order valence-corrected chi connectivity index (χ4v) is 1.42. The molecule has 1 aromatic rings. The zero-order valence-electron chi connectivity index (χ0n) is 10.1. The van der Waals surface area contributed by atoms with Crippen LogP contribution in [0.2, 0.25) is 0 Å². The van der Waals surface area contributed by atoms with Gasteiger partial charge < -0.3 is 9.64 Å². The molecule has 4 nitrogen and oxygen atoms in total. The van der Waals surface area contributed by atoms with E-state index >= 15 is 0 Å². The summed E-state index contributed by atoms with van der Waals surface area (Å²) in [5.74, 6) is -0.444. The van der Waals surface area contributed by atoms with Crippen molar-refractivity contribution < 1.29 is 9.53 Å². The molecule has 88 valence electrons. The van der Waals surface area contributed by atoms with E-state index in [0.29, 0.717) is 16.7 Å². The number of carbonyl (C=O) groups is 1. The lowest BCUT2D eigenvalue weighted by Crippen LogP contribution is -2.07. The first-order valence-electron chi connectivity index (χ1n) is 5.06. The van der Waals surface area contributed by atoms with Gasteiger partial charge in [0, 0.05) is 25.9 Å². The Balaban J connectivity index is 3.31. The summed E-state index contributed by atoms with van der Waals surface area (Å²) in [4.78, 5) is 13.3. The van der Waals surface area contributed by atoms with Gasteiger partial charge in [0.1, 0.15) is 6.07 Å². The predicted octanol–water partition coefficient (Wildman–Crippen LogP) is 1.90. The molecule has 4 heteroatoms. The lowest BCUT2D eigenvalue weighted by molar-refractivity contribution is 0.0600. The molecule has 0 aromatic heterocycles. The Kier molecular flexibility index (Phi) is 4.29. The number of methoxy groups -OCH3 is 1. The quantitative estimate of drug-likeness (QED) is 0.588. The van der Waals surface area contributed by atoms with E-state index in [2.05, 4.69) is 10.8 Å². The summed E-state index contributed by atoms with van der Waals surface area (Å²) in [5, 5.41) is 9.11. The standard InChI is InChI=1S/C13H14N2O2/c1-15(2)9-10(8-14)11-6-4-5-7-12(11)13(16)17-3/h4-7,9H,1-3H3. The molecule has 0 unspecified atom stereocenters. The van der Waals surface area contributed by atoms with Crippen LogP contribution in [0.15, 0.2) is 30.5 Å². The number of hydrogen-bond donors (Lipinski definition) is 0. The van der Waals surface area contributed by atoms with Gasteiger partial charge in [0.15, 0.2) is 0 Å². The van der Waals surface area contributed by atoms with Gasteiger partial charge in [-0.05, 0) is 6.07 Å². The van der Waals surface area contributed by atoms with Gasteiger partial charge in [0.25, 0.3) is 0 Å². The lowest BCUT2D eigenvalue weighted by Gasteiger charge is -2.09. The van der Waals surface area contributed by atoms with Crippen molar-refractivity contribution in [3.05, 3.63) is 41.6 Å². The van der Waals surface area contributed by atoms with Gasteiger partial charge in [-0.1, -0.05) is 18.2 Å². The second-order valence-corrected chi connectivity index (χ2v) is 3.66. The monoisotopic (exact) mass is 230 g/mol. The van der Waals surface area contributed by atoms with Crippen molar-refractivity contribution in [2.75, 3.05) is 21.2 Å². The molecule has 0 heterocycles. The van der Waals surface area contributed by atoms with E-state index in [1.54, 1.807) is 35.4 Å². The van der Waals surface area contributed by atoms with Gasteiger partial charge in [-0.2, -0.15) is 5.26 Å².